The summed E-state index contributed by atoms with van der Waals surface area (Å²) in [6.45, 7) is 1.45. The average molecular weight is 234 g/mol. The number of benzene rings is 1. The highest BCUT2D eigenvalue weighted by atomic mass is 19.4. The maximum atomic E-state index is 12.5. The van der Waals surface area contributed by atoms with Crippen molar-refractivity contribution in [1.29, 1.82) is 0 Å². The molecule has 3 nitrogen and oxygen atoms in total. The summed E-state index contributed by atoms with van der Waals surface area (Å²) < 4.78 is 42.4. The fourth-order valence-electron chi connectivity index (χ4n) is 1.23. The largest absolute Gasteiger partial charge is 0.492 e. The zero-order chi connectivity index (χ0) is 12.3. The van der Waals surface area contributed by atoms with Gasteiger partial charge in [-0.25, -0.2) is 4.79 Å². The van der Waals surface area contributed by atoms with Gasteiger partial charge in [0.15, 0.2) is 0 Å². The quantitative estimate of drug-likeness (QED) is 0.874. The van der Waals surface area contributed by atoms with Crippen molar-refractivity contribution in [2.45, 2.75) is 13.1 Å². The Morgan fingerprint density at radius 2 is 2.06 bits per heavy atom. The number of para-hydroxylation sites is 1. The van der Waals surface area contributed by atoms with E-state index < -0.39 is 29.0 Å². The third-order valence-corrected chi connectivity index (χ3v) is 1.84. The Labute approximate surface area is 89.5 Å². The van der Waals surface area contributed by atoms with Gasteiger partial charge in [-0.1, -0.05) is 6.07 Å². The molecule has 0 spiro atoms. The number of ether oxygens (including phenoxy) is 1. The van der Waals surface area contributed by atoms with Crippen molar-refractivity contribution in [2.75, 3.05) is 6.61 Å². The zero-order valence-electron chi connectivity index (χ0n) is 8.34. The number of aromatic carboxylic acids is 1. The molecule has 0 aromatic heterocycles. The van der Waals surface area contributed by atoms with Crippen molar-refractivity contribution < 1.29 is 27.8 Å². The number of carbonyl (C=O) groups is 1. The van der Waals surface area contributed by atoms with Crippen LogP contribution in [0.4, 0.5) is 13.2 Å². The summed E-state index contributed by atoms with van der Waals surface area (Å²) in [5, 5.41) is 8.74. The fraction of sp³-hybridized carbons (Fsp3) is 0.300. The van der Waals surface area contributed by atoms with Crippen LogP contribution in [0.5, 0.6) is 5.75 Å². The maximum Gasteiger partial charge on any atom is 0.419 e. The lowest BCUT2D eigenvalue weighted by atomic mass is 10.1. The average Bonchev–Trinajstić information content (AvgIpc) is 2.16. The molecular formula is C10H9F3O3. The lowest BCUT2D eigenvalue weighted by molar-refractivity contribution is -0.138. The number of alkyl halides is 3. The molecule has 1 aromatic rings. The van der Waals surface area contributed by atoms with Gasteiger partial charge in [-0.3, -0.25) is 0 Å². The van der Waals surface area contributed by atoms with E-state index in [1.54, 1.807) is 0 Å². The van der Waals surface area contributed by atoms with Crippen LogP contribution in [0, 0.1) is 0 Å². The predicted octanol–water partition coefficient (Wildman–Crippen LogP) is 2.80. The van der Waals surface area contributed by atoms with E-state index in [2.05, 4.69) is 0 Å². The SMILES string of the molecule is CCOc1c(C(=O)O)cccc1C(F)(F)F. The third kappa shape index (κ3) is 2.44. The second-order valence-electron chi connectivity index (χ2n) is 2.92. The summed E-state index contributed by atoms with van der Waals surface area (Å²) >= 11 is 0. The van der Waals surface area contributed by atoms with Gasteiger partial charge in [-0.15, -0.1) is 0 Å². The van der Waals surface area contributed by atoms with Crippen molar-refractivity contribution >= 4 is 5.97 Å². The minimum Gasteiger partial charge on any atom is -0.492 e. The fourth-order valence-corrected chi connectivity index (χ4v) is 1.23. The van der Waals surface area contributed by atoms with Crippen LogP contribution in [0.1, 0.15) is 22.8 Å². The Morgan fingerprint density at radius 3 is 2.50 bits per heavy atom. The van der Waals surface area contributed by atoms with Gasteiger partial charge >= 0.3 is 12.1 Å². The first-order valence-electron chi connectivity index (χ1n) is 4.44. The highest BCUT2D eigenvalue weighted by Gasteiger charge is 2.36. The van der Waals surface area contributed by atoms with Crippen molar-refractivity contribution in [3.05, 3.63) is 29.3 Å². The van der Waals surface area contributed by atoms with Gasteiger partial charge in [0.25, 0.3) is 0 Å². The van der Waals surface area contributed by atoms with E-state index in [1.165, 1.54) is 6.92 Å². The van der Waals surface area contributed by atoms with E-state index in [4.69, 9.17) is 9.84 Å². The van der Waals surface area contributed by atoms with E-state index >= 15 is 0 Å². The standard InChI is InChI=1S/C10H9F3O3/c1-2-16-8-6(9(14)15)4-3-5-7(8)10(11,12)13/h3-5H,2H2,1H3,(H,14,15). The van der Waals surface area contributed by atoms with Crippen LogP contribution in [0.25, 0.3) is 0 Å². The summed E-state index contributed by atoms with van der Waals surface area (Å²) in [4.78, 5) is 10.7. The summed E-state index contributed by atoms with van der Waals surface area (Å²) in [5.74, 6) is -2.08. The molecular weight excluding hydrogens is 225 g/mol. The number of rotatable bonds is 3. The molecule has 0 bridgehead atoms. The molecule has 0 aliphatic rings. The highest BCUT2D eigenvalue weighted by molar-refractivity contribution is 5.91. The van der Waals surface area contributed by atoms with Gasteiger partial charge in [-0.2, -0.15) is 13.2 Å². The minimum absolute atomic E-state index is 0.0344. The highest BCUT2D eigenvalue weighted by Crippen LogP contribution is 2.38. The number of hydrogen-bond donors (Lipinski definition) is 1. The summed E-state index contributed by atoms with van der Waals surface area (Å²) in [7, 11) is 0. The molecule has 0 saturated heterocycles. The van der Waals surface area contributed by atoms with Gasteiger partial charge in [0, 0.05) is 0 Å². The minimum atomic E-state index is -4.63. The zero-order valence-corrected chi connectivity index (χ0v) is 8.34. The van der Waals surface area contributed by atoms with Crippen LogP contribution < -0.4 is 4.74 Å². The molecule has 6 heteroatoms. The van der Waals surface area contributed by atoms with Crippen molar-refractivity contribution in [3.63, 3.8) is 0 Å². The van der Waals surface area contributed by atoms with Crippen molar-refractivity contribution in [2.24, 2.45) is 0 Å². The molecule has 1 aromatic carbocycles. The molecule has 1 rings (SSSR count). The maximum absolute atomic E-state index is 12.5. The Hall–Kier alpha value is -1.72. The van der Waals surface area contributed by atoms with Crippen LogP contribution in [-0.2, 0) is 6.18 Å². The van der Waals surface area contributed by atoms with E-state index in [0.717, 1.165) is 18.2 Å². The molecule has 0 aliphatic carbocycles. The Bertz CT molecular complexity index is 399. The first-order chi connectivity index (χ1) is 7.38. The molecule has 0 saturated carbocycles. The molecule has 0 aliphatic heterocycles. The smallest absolute Gasteiger partial charge is 0.419 e. The molecule has 0 amide bonds. The van der Waals surface area contributed by atoms with Gasteiger partial charge in [0.1, 0.15) is 11.3 Å². The van der Waals surface area contributed by atoms with Gasteiger partial charge in [-0.05, 0) is 19.1 Å². The van der Waals surface area contributed by atoms with E-state index in [1.807, 2.05) is 0 Å². The number of carboxylic acid groups (broad SMARTS) is 1. The lowest BCUT2D eigenvalue weighted by Crippen LogP contribution is -2.12. The van der Waals surface area contributed by atoms with Crippen LogP contribution in [0.2, 0.25) is 0 Å². The molecule has 0 radical (unpaired) electrons. The first-order valence-corrected chi connectivity index (χ1v) is 4.44. The van der Waals surface area contributed by atoms with Crippen LogP contribution >= 0.6 is 0 Å². The third-order valence-electron chi connectivity index (χ3n) is 1.84. The topological polar surface area (TPSA) is 46.5 Å². The van der Waals surface area contributed by atoms with Gasteiger partial charge < -0.3 is 9.84 Å². The molecule has 16 heavy (non-hydrogen) atoms. The Kier molecular flexibility index (Phi) is 3.41. The summed E-state index contributed by atoms with van der Waals surface area (Å²) in [6.07, 6.45) is -4.63. The monoisotopic (exact) mass is 234 g/mol. The van der Waals surface area contributed by atoms with E-state index in [-0.39, 0.29) is 6.61 Å². The van der Waals surface area contributed by atoms with Gasteiger partial charge in [0.2, 0.25) is 0 Å². The van der Waals surface area contributed by atoms with Crippen LogP contribution in [0.3, 0.4) is 0 Å². The summed E-state index contributed by atoms with van der Waals surface area (Å²) in [5.41, 5.74) is -1.56. The normalized spacial score (nSPS) is 11.2. The summed E-state index contributed by atoms with van der Waals surface area (Å²) in [6, 6.07) is 2.90. The number of hydrogen-bond acceptors (Lipinski definition) is 2. The molecule has 88 valence electrons. The second kappa shape index (κ2) is 4.42. The molecule has 1 N–H and O–H groups in total. The molecule has 0 fully saturated rings. The van der Waals surface area contributed by atoms with E-state index in [9.17, 15) is 18.0 Å². The number of carboxylic acids is 1. The molecule has 0 heterocycles. The van der Waals surface area contributed by atoms with Crippen molar-refractivity contribution in [3.8, 4) is 5.75 Å². The first kappa shape index (κ1) is 12.4. The molecule has 0 atom stereocenters. The predicted molar refractivity (Wildman–Crippen MR) is 49.6 cm³/mol. The van der Waals surface area contributed by atoms with Gasteiger partial charge in [0.05, 0.1) is 12.2 Å². The Morgan fingerprint density at radius 1 is 1.44 bits per heavy atom. The lowest BCUT2D eigenvalue weighted by Gasteiger charge is -2.14. The Balaban J connectivity index is 3.38. The number of halogens is 3. The second-order valence-corrected chi connectivity index (χ2v) is 2.92. The van der Waals surface area contributed by atoms with Crippen LogP contribution in [0.15, 0.2) is 18.2 Å². The van der Waals surface area contributed by atoms with E-state index in [0.29, 0.717) is 0 Å². The molecule has 0 unspecified atom stereocenters. The van der Waals surface area contributed by atoms with Crippen molar-refractivity contribution in [1.82, 2.24) is 0 Å². The van der Waals surface area contributed by atoms with Crippen LogP contribution in [-0.4, -0.2) is 17.7 Å².